The van der Waals surface area contributed by atoms with Gasteiger partial charge in [-0.25, -0.2) is 13.1 Å². The Balaban J connectivity index is 1.46. The summed E-state index contributed by atoms with van der Waals surface area (Å²) in [5, 5.41) is 6.11. The van der Waals surface area contributed by atoms with Crippen molar-refractivity contribution in [3.05, 3.63) is 24.3 Å². The van der Waals surface area contributed by atoms with E-state index < -0.39 is 10.0 Å². The number of hydrogen-bond donors (Lipinski definition) is 3. The van der Waals surface area contributed by atoms with Gasteiger partial charge in [0, 0.05) is 36.8 Å². The summed E-state index contributed by atoms with van der Waals surface area (Å²) in [6.45, 7) is 6.91. The molecule has 1 atom stereocenters. The molecule has 0 bridgehead atoms. The zero-order valence-corrected chi connectivity index (χ0v) is 20.8. The first kappa shape index (κ1) is 25.6. The number of sulfonamides is 1. The highest BCUT2D eigenvalue weighted by atomic mass is 32.2. The Kier molecular flexibility index (Phi) is 8.89. The lowest BCUT2D eigenvalue weighted by atomic mass is 9.88. The lowest BCUT2D eigenvalue weighted by Crippen LogP contribution is -2.51. The summed E-state index contributed by atoms with van der Waals surface area (Å²) in [6.07, 6.45) is 7.22. The third-order valence-electron chi connectivity index (χ3n) is 6.60. The van der Waals surface area contributed by atoms with Crippen LogP contribution < -0.4 is 15.4 Å². The molecule has 0 spiro atoms. The van der Waals surface area contributed by atoms with E-state index in [0.717, 1.165) is 51.6 Å². The van der Waals surface area contributed by atoms with E-state index in [1.165, 1.54) is 18.6 Å². The van der Waals surface area contributed by atoms with Crippen molar-refractivity contribution in [1.29, 1.82) is 0 Å². The summed E-state index contributed by atoms with van der Waals surface area (Å²) >= 11 is 0. The van der Waals surface area contributed by atoms with E-state index in [-0.39, 0.29) is 40.8 Å². The van der Waals surface area contributed by atoms with Gasteiger partial charge in [-0.15, -0.1) is 0 Å². The lowest BCUT2D eigenvalue weighted by Gasteiger charge is -2.36. The molecule has 3 N–H and O–H groups in total. The molecule has 2 amide bonds. The van der Waals surface area contributed by atoms with Gasteiger partial charge >= 0.3 is 0 Å². The van der Waals surface area contributed by atoms with Crippen LogP contribution in [0.1, 0.15) is 65.7 Å². The Bertz CT molecular complexity index is 903. The van der Waals surface area contributed by atoms with Gasteiger partial charge in [-0.05, 0) is 70.7 Å². The van der Waals surface area contributed by atoms with E-state index >= 15 is 0 Å². The number of nitrogens with one attached hydrogen (secondary N) is 3. The maximum absolute atomic E-state index is 12.8. The van der Waals surface area contributed by atoms with Crippen LogP contribution >= 0.6 is 0 Å². The van der Waals surface area contributed by atoms with Crippen molar-refractivity contribution in [3.8, 4) is 0 Å². The topological polar surface area (TPSA) is 108 Å². The maximum Gasteiger partial charge on any atom is 0.241 e. The average Bonchev–Trinajstić information content (AvgIpc) is 2.79. The van der Waals surface area contributed by atoms with E-state index in [0.29, 0.717) is 5.69 Å². The van der Waals surface area contributed by atoms with Gasteiger partial charge in [0.25, 0.3) is 0 Å². The standard InChI is InChI=1S/C24H38N4O4S/c1-17(2)27-33(31,32)22-11-9-20(10-12-22)25-23(29)18(3)28-15-13-21(14-16-28)26-24(30)19-7-5-4-6-8-19/h9-12,17-19,21,27H,4-8,13-16H2,1-3H3,(H,25,29)(H,26,30). The fraction of sp³-hybridized carbons (Fsp3) is 0.667. The molecule has 1 unspecified atom stereocenters. The number of likely N-dealkylation sites (tertiary alicyclic amines) is 1. The number of piperidine rings is 1. The summed E-state index contributed by atoms with van der Waals surface area (Å²) in [6, 6.07) is 5.86. The van der Waals surface area contributed by atoms with Crippen molar-refractivity contribution in [2.24, 2.45) is 5.92 Å². The zero-order chi connectivity index (χ0) is 24.0. The van der Waals surface area contributed by atoms with Crippen molar-refractivity contribution in [2.45, 2.75) is 88.7 Å². The number of anilines is 1. The molecule has 0 aromatic heterocycles. The van der Waals surface area contributed by atoms with Gasteiger partial charge in [0.15, 0.2) is 0 Å². The summed E-state index contributed by atoms with van der Waals surface area (Å²) in [7, 11) is -3.56. The van der Waals surface area contributed by atoms with Crippen LogP contribution in [0.15, 0.2) is 29.2 Å². The van der Waals surface area contributed by atoms with Gasteiger partial charge in [0.05, 0.1) is 10.9 Å². The number of carbonyl (C=O) groups is 2. The van der Waals surface area contributed by atoms with Crippen LogP contribution in [0, 0.1) is 5.92 Å². The molecule has 184 valence electrons. The monoisotopic (exact) mass is 478 g/mol. The SMILES string of the molecule is CC(C)NS(=O)(=O)c1ccc(NC(=O)C(C)N2CCC(NC(=O)C3CCCCC3)CC2)cc1. The van der Waals surface area contributed by atoms with Crippen molar-refractivity contribution in [1.82, 2.24) is 14.9 Å². The Labute approximate surface area is 197 Å². The predicted octanol–water partition coefficient (Wildman–Crippen LogP) is 2.86. The van der Waals surface area contributed by atoms with Crippen LogP contribution in [0.2, 0.25) is 0 Å². The molecule has 33 heavy (non-hydrogen) atoms. The fourth-order valence-corrected chi connectivity index (χ4v) is 5.87. The molecule has 1 aromatic carbocycles. The van der Waals surface area contributed by atoms with Gasteiger partial charge in [-0.3, -0.25) is 14.5 Å². The molecular weight excluding hydrogens is 440 g/mol. The van der Waals surface area contributed by atoms with E-state index in [1.807, 2.05) is 6.92 Å². The highest BCUT2D eigenvalue weighted by Crippen LogP contribution is 2.24. The van der Waals surface area contributed by atoms with Crippen molar-refractivity contribution >= 4 is 27.5 Å². The molecule has 8 nitrogen and oxygen atoms in total. The third-order valence-corrected chi connectivity index (χ3v) is 8.28. The molecule has 1 saturated heterocycles. The normalized spacial score (nSPS) is 19.9. The van der Waals surface area contributed by atoms with Crippen LogP contribution in [0.4, 0.5) is 5.69 Å². The first-order chi connectivity index (χ1) is 15.7. The molecule has 2 aliphatic rings. The Morgan fingerprint density at radius 1 is 0.939 bits per heavy atom. The van der Waals surface area contributed by atoms with Gasteiger partial charge in [-0.2, -0.15) is 0 Å². The predicted molar refractivity (Wildman–Crippen MR) is 129 cm³/mol. The fourth-order valence-electron chi connectivity index (χ4n) is 4.62. The number of carbonyl (C=O) groups excluding carboxylic acids is 2. The first-order valence-electron chi connectivity index (χ1n) is 12.1. The van der Waals surface area contributed by atoms with Crippen LogP contribution in [-0.2, 0) is 19.6 Å². The molecule has 1 aromatic rings. The molecule has 1 aliphatic heterocycles. The molecule has 2 fully saturated rings. The van der Waals surface area contributed by atoms with Crippen LogP contribution in [0.5, 0.6) is 0 Å². The van der Waals surface area contributed by atoms with E-state index in [4.69, 9.17) is 0 Å². The molecule has 0 radical (unpaired) electrons. The summed E-state index contributed by atoms with van der Waals surface area (Å²) in [5.74, 6) is 0.243. The summed E-state index contributed by atoms with van der Waals surface area (Å²) < 4.78 is 27.0. The smallest absolute Gasteiger partial charge is 0.241 e. The average molecular weight is 479 g/mol. The number of benzene rings is 1. The minimum absolute atomic E-state index is 0.129. The number of hydrogen-bond acceptors (Lipinski definition) is 5. The Hall–Kier alpha value is -1.97. The van der Waals surface area contributed by atoms with E-state index in [9.17, 15) is 18.0 Å². The largest absolute Gasteiger partial charge is 0.353 e. The zero-order valence-electron chi connectivity index (χ0n) is 20.0. The van der Waals surface area contributed by atoms with E-state index in [1.54, 1.807) is 26.0 Å². The second-order valence-electron chi connectivity index (χ2n) is 9.62. The van der Waals surface area contributed by atoms with Gasteiger partial charge in [0.2, 0.25) is 21.8 Å². The lowest BCUT2D eigenvalue weighted by molar-refractivity contribution is -0.127. The third kappa shape index (κ3) is 7.25. The number of nitrogens with zero attached hydrogens (tertiary/aromatic N) is 1. The molecule has 1 aliphatic carbocycles. The summed E-state index contributed by atoms with van der Waals surface area (Å²) in [5.41, 5.74) is 0.560. The van der Waals surface area contributed by atoms with Gasteiger partial charge in [-0.1, -0.05) is 19.3 Å². The highest BCUT2D eigenvalue weighted by molar-refractivity contribution is 7.89. The minimum atomic E-state index is -3.56. The molecule has 1 heterocycles. The minimum Gasteiger partial charge on any atom is -0.353 e. The second kappa shape index (κ2) is 11.4. The van der Waals surface area contributed by atoms with Crippen LogP contribution in [0.25, 0.3) is 0 Å². The Morgan fingerprint density at radius 2 is 1.55 bits per heavy atom. The maximum atomic E-state index is 12.8. The molecule has 9 heteroatoms. The molecular formula is C24H38N4O4S. The van der Waals surface area contributed by atoms with E-state index in [2.05, 4.69) is 20.3 Å². The first-order valence-corrected chi connectivity index (χ1v) is 13.6. The Morgan fingerprint density at radius 3 is 2.12 bits per heavy atom. The molecule has 1 saturated carbocycles. The summed E-state index contributed by atoms with van der Waals surface area (Å²) in [4.78, 5) is 27.5. The van der Waals surface area contributed by atoms with Gasteiger partial charge < -0.3 is 10.6 Å². The highest BCUT2D eigenvalue weighted by Gasteiger charge is 2.29. The van der Waals surface area contributed by atoms with Crippen LogP contribution in [-0.4, -0.2) is 56.3 Å². The number of amides is 2. The number of rotatable bonds is 8. The second-order valence-corrected chi connectivity index (χ2v) is 11.3. The van der Waals surface area contributed by atoms with Crippen molar-refractivity contribution in [2.75, 3.05) is 18.4 Å². The quantitative estimate of drug-likeness (QED) is 0.533. The van der Waals surface area contributed by atoms with Gasteiger partial charge in [0.1, 0.15) is 0 Å². The van der Waals surface area contributed by atoms with Crippen molar-refractivity contribution in [3.63, 3.8) is 0 Å². The van der Waals surface area contributed by atoms with Crippen LogP contribution in [0.3, 0.4) is 0 Å². The molecule has 3 rings (SSSR count). The van der Waals surface area contributed by atoms with Crippen molar-refractivity contribution < 1.29 is 18.0 Å².